The van der Waals surface area contributed by atoms with Gasteiger partial charge in [-0.3, -0.25) is 4.79 Å². The van der Waals surface area contributed by atoms with Gasteiger partial charge in [-0.15, -0.1) is 11.6 Å². The summed E-state index contributed by atoms with van der Waals surface area (Å²) in [7, 11) is 0. The summed E-state index contributed by atoms with van der Waals surface area (Å²) in [5.74, 6) is 0.545. The Morgan fingerprint density at radius 1 is 1.53 bits per heavy atom. The van der Waals surface area contributed by atoms with Crippen molar-refractivity contribution in [3.8, 4) is 0 Å². The van der Waals surface area contributed by atoms with E-state index >= 15 is 0 Å². The van der Waals surface area contributed by atoms with E-state index in [-0.39, 0.29) is 11.9 Å². The highest BCUT2D eigenvalue weighted by molar-refractivity contribution is 14.1. The number of carbonyl (C=O) groups excluding carboxylic acids is 1. The van der Waals surface area contributed by atoms with Crippen molar-refractivity contribution in [2.75, 3.05) is 12.4 Å². The number of benzene rings is 1. The fourth-order valence-corrected chi connectivity index (χ4v) is 3.14. The Kier molecular flexibility index (Phi) is 4.55. The van der Waals surface area contributed by atoms with E-state index in [4.69, 9.17) is 23.2 Å². The Morgan fingerprint density at radius 3 is 3.00 bits per heavy atom. The third kappa shape index (κ3) is 2.88. The van der Waals surface area contributed by atoms with Crippen LogP contribution in [0.25, 0.3) is 0 Å². The first-order valence-corrected chi connectivity index (χ1v) is 7.44. The van der Waals surface area contributed by atoms with Gasteiger partial charge in [-0.05, 0) is 53.6 Å². The molecule has 2 nitrogen and oxygen atoms in total. The zero-order valence-corrected chi connectivity index (χ0v) is 12.8. The Bertz CT molecular complexity index is 439. The van der Waals surface area contributed by atoms with Crippen molar-refractivity contribution in [2.45, 2.75) is 18.9 Å². The first-order chi connectivity index (χ1) is 8.13. The standard InChI is InChI=1S/C12H12Cl2INO/c13-7-9-2-1-5-16(9)12(17)10-6-8(14)3-4-11(10)15/h3-4,6,9H,1-2,5,7H2. The molecule has 0 aromatic heterocycles. The van der Waals surface area contributed by atoms with Gasteiger partial charge in [0.05, 0.1) is 5.56 Å². The van der Waals surface area contributed by atoms with E-state index in [1.807, 2.05) is 11.0 Å². The summed E-state index contributed by atoms with van der Waals surface area (Å²) < 4.78 is 0.928. The van der Waals surface area contributed by atoms with Gasteiger partial charge in [-0.1, -0.05) is 11.6 Å². The summed E-state index contributed by atoms with van der Waals surface area (Å²) in [5.41, 5.74) is 0.676. The lowest BCUT2D eigenvalue weighted by Crippen LogP contribution is -2.36. The number of halogens is 3. The molecule has 1 aromatic carbocycles. The van der Waals surface area contributed by atoms with Crippen LogP contribution in [0.15, 0.2) is 18.2 Å². The molecule has 1 fully saturated rings. The average molecular weight is 384 g/mol. The van der Waals surface area contributed by atoms with Crippen LogP contribution in [-0.4, -0.2) is 29.3 Å². The highest BCUT2D eigenvalue weighted by Crippen LogP contribution is 2.25. The fraction of sp³-hybridized carbons (Fsp3) is 0.417. The predicted octanol–water partition coefficient (Wildman–Crippen LogP) is 3.79. The topological polar surface area (TPSA) is 20.3 Å². The maximum atomic E-state index is 12.4. The number of hydrogen-bond acceptors (Lipinski definition) is 1. The van der Waals surface area contributed by atoms with Crippen LogP contribution < -0.4 is 0 Å². The number of likely N-dealkylation sites (tertiary alicyclic amines) is 1. The number of nitrogens with zero attached hydrogens (tertiary/aromatic N) is 1. The molecule has 5 heteroatoms. The maximum Gasteiger partial charge on any atom is 0.255 e. The maximum absolute atomic E-state index is 12.4. The molecule has 0 bridgehead atoms. The minimum atomic E-state index is 0.0417. The number of rotatable bonds is 2. The molecule has 0 N–H and O–H groups in total. The molecule has 92 valence electrons. The largest absolute Gasteiger partial charge is 0.334 e. The molecule has 1 atom stereocenters. The van der Waals surface area contributed by atoms with Crippen LogP contribution in [0.3, 0.4) is 0 Å². The van der Waals surface area contributed by atoms with Crippen molar-refractivity contribution in [2.24, 2.45) is 0 Å². The molecule has 1 amide bonds. The quantitative estimate of drug-likeness (QED) is 0.562. The van der Waals surface area contributed by atoms with E-state index in [1.54, 1.807) is 12.1 Å². The third-order valence-corrected chi connectivity index (χ3v) is 4.51. The zero-order chi connectivity index (χ0) is 12.4. The highest BCUT2D eigenvalue weighted by Gasteiger charge is 2.29. The third-order valence-electron chi connectivity index (χ3n) is 2.97. The fourth-order valence-electron chi connectivity index (χ4n) is 2.08. The van der Waals surface area contributed by atoms with E-state index in [1.165, 1.54) is 0 Å². The van der Waals surface area contributed by atoms with Gasteiger partial charge in [0, 0.05) is 27.1 Å². The molecule has 1 aliphatic rings. The summed E-state index contributed by atoms with van der Waals surface area (Å²) in [4.78, 5) is 14.3. The smallest absolute Gasteiger partial charge is 0.255 e. The number of alkyl halides is 1. The normalized spacial score (nSPS) is 19.7. The summed E-state index contributed by atoms with van der Waals surface area (Å²) in [6.07, 6.45) is 2.02. The van der Waals surface area contributed by atoms with E-state index < -0.39 is 0 Å². The molecular weight excluding hydrogens is 372 g/mol. The first-order valence-electron chi connectivity index (χ1n) is 5.45. The monoisotopic (exact) mass is 383 g/mol. The van der Waals surface area contributed by atoms with Gasteiger partial charge in [-0.25, -0.2) is 0 Å². The Labute approximate surface area is 124 Å². The lowest BCUT2D eigenvalue weighted by Gasteiger charge is -2.23. The molecule has 1 heterocycles. The molecule has 0 spiro atoms. The number of hydrogen-bond donors (Lipinski definition) is 0. The molecule has 1 unspecified atom stereocenters. The summed E-state index contributed by atoms with van der Waals surface area (Å²) >= 11 is 14.0. The number of carbonyl (C=O) groups is 1. The molecule has 0 radical (unpaired) electrons. The molecular formula is C12H12Cl2INO. The molecule has 2 rings (SSSR count). The summed E-state index contributed by atoms with van der Waals surface area (Å²) in [5, 5.41) is 0.593. The average Bonchev–Trinajstić information content (AvgIpc) is 2.79. The van der Waals surface area contributed by atoms with Crippen molar-refractivity contribution in [3.05, 3.63) is 32.4 Å². The van der Waals surface area contributed by atoms with Crippen LogP contribution in [0.2, 0.25) is 5.02 Å². The minimum Gasteiger partial charge on any atom is -0.334 e. The van der Waals surface area contributed by atoms with Crippen LogP contribution in [0, 0.1) is 3.57 Å². The zero-order valence-electron chi connectivity index (χ0n) is 9.13. The van der Waals surface area contributed by atoms with Crippen molar-refractivity contribution in [1.29, 1.82) is 0 Å². The second kappa shape index (κ2) is 5.76. The van der Waals surface area contributed by atoms with Crippen LogP contribution in [0.4, 0.5) is 0 Å². The van der Waals surface area contributed by atoms with Crippen molar-refractivity contribution < 1.29 is 4.79 Å². The van der Waals surface area contributed by atoms with E-state index in [9.17, 15) is 4.79 Å². The first kappa shape index (κ1) is 13.4. The van der Waals surface area contributed by atoms with E-state index in [2.05, 4.69) is 22.6 Å². The Balaban J connectivity index is 2.27. The van der Waals surface area contributed by atoms with Gasteiger partial charge < -0.3 is 4.90 Å². The van der Waals surface area contributed by atoms with Crippen LogP contribution in [-0.2, 0) is 0 Å². The van der Waals surface area contributed by atoms with E-state index in [0.717, 1.165) is 23.0 Å². The lowest BCUT2D eigenvalue weighted by atomic mass is 10.2. The van der Waals surface area contributed by atoms with Crippen molar-refractivity contribution in [1.82, 2.24) is 4.90 Å². The minimum absolute atomic E-state index is 0.0417. The predicted molar refractivity (Wildman–Crippen MR) is 78.9 cm³/mol. The van der Waals surface area contributed by atoms with Gasteiger partial charge >= 0.3 is 0 Å². The van der Waals surface area contributed by atoms with Crippen LogP contribution in [0.1, 0.15) is 23.2 Å². The second-order valence-electron chi connectivity index (χ2n) is 4.07. The van der Waals surface area contributed by atoms with Crippen molar-refractivity contribution in [3.63, 3.8) is 0 Å². The molecule has 17 heavy (non-hydrogen) atoms. The number of amides is 1. The molecule has 1 saturated heterocycles. The SMILES string of the molecule is O=C(c1cc(Cl)ccc1I)N1CCCC1CCl. The van der Waals surface area contributed by atoms with Crippen LogP contribution >= 0.6 is 45.8 Å². The summed E-state index contributed by atoms with van der Waals surface area (Å²) in [6.45, 7) is 0.790. The summed E-state index contributed by atoms with van der Waals surface area (Å²) in [6, 6.07) is 5.55. The Hall–Kier alpha value is -0.000000000000000111. The molecule has 0 saturated carbocycles. The van der Waals surface area contributed by atoms with Gasteiger partial charge in [0.15, 0.2) is 0 Å². The van der Waals surface area contributed by atoms with Gasteiger partial charge in [-0.2, -0.15) is 0 Å². The highest BCUT2D eigenvalue weighted by atomic mass is 127. The second-order valence-corrected chi connectivity index (χ2v) is 5.98. The van der Waals surface area contributed by atoms with Gasteiger partial charge in [0.25, 0.3) is 5.91 Å². The molecule has 1 aromatic rings. The Morgan fingerprint density at radius 2 is 2.29 bits per heavy atom. The van der Waals surface area contributed by atoms with Gasteiger partial charge in [0.1, 0.15) is 0 Å². The van der Waals surface area contributed by atoms with E-state index in [0.29, 0.717) is 16.5 Å². The van der Waals surface area contributed by atoms with Crippen molar-refractivity contribution >= 4 is 51.7 Å². The van der Waals surface area contributed by atoms with Gasteiger partial charge in [0.2, 0.25) is 0 Å². The molecule has 0 aliphatic carbocycles. The lowest BCUT2D eigenvalue weighted by molar-refractivity contribution is 0.0748. The van der Waals surface area contributed by atoms with Crippen LogP contribution in [0.5, 0.6) is 0 Å². The molecule has 1 aliphatic heterocycles.